The first-order valence-electron chi connectivity index (χ1n) is 9.81. The minimum absolute atomic E-state index is 0.193. The molecule has 1 atom stereocenters. The number of anilines is 1. The molecule has 0 N–H and O–H groups in total. The van der Waals surface area contributed by atoms with E-state index in [0.717, 1.165) is 25.8 Å². The van der Waals surface area contributed by atoms with Crippen LogP contribution in [0, 0.1) is 5.41 Å². The molecule has 1 saturated heterocycles. The molecule has 0 aliphatic carbocycles. The molecule has 0 bridgehead atoms. The zero-order valence-electron chi connectivity index (χ0n) is 16.6. The van der Waals surface area contributed by atoms with Crippen LogP contribution in [0.5, 0.6) is 0 Å². The van der Waals surface area contributed by atoms with Gasteiger partial charge < -0.3 is 4.90 Å². The van der Waals surface area contributed by atoms with Gasteiger partial charge in [-0.1, -0.05) is 69.3 Å². The van der Waals surface area contributed by atoms with Gasteiger partial charge in [-0.3, -0.25) is 0 Å². The summed E-state index contributed by atoms with van der Waals surface area (Å²) in [7, 11) is 0. The summed E-state index contributed by atoms with van der Waals surface area (Å²) in [4.78, 5) is 2.72. The Morgan fingerprint density at radius 3 is 2.00 bits per heavy atom. The van der Waals surface area contributed by atoms with Crippen LogP contribution >= 0.6 is 0 Å². The SMILES string of the molecule is CCc1cccc(CC)c1N1C[C@](C)(Cc2ccccc2)CC1(C)C. The van der Waals surface area contributed by atoms with Crippen molar-refractivity contribution in [2.24, 2.45) is 5.41 Å². The summed E-state index contributed by atoms with van der Waals surface area (Å²) in [5.41, 5.74) is 6.47. The highest BCUT2D eigenvalue weighted by molar-refractivity contribution is 5.62. The van der Waals surface area contributed by atoms with Gasteiger partial charge in [-0.25, -0.2) is 0 Å². The summed E-state index contributed by atoms with van der Waals surface area (Å²) >= 11 is 0. The van der Waals surface area contributed by atoms with Gasteiger partial charge in [-0.15, -0.1) is 0 Å². The minimum Gasteiger partial charge on any atom is -0.365 e. The van der Waals surface area contributed by atoms with E-state index < -0.39 is 0 Å². The van der Waals surface area contributed by atoms with Crippen molar-refractivity contribution in [3.8, 4) is 0 Å². The Bertz CT molecular complexity index is 694. The van der Waals surface area contributed by atoms with Crippen LogP contribution in [-0.2, 0) is 19.3 Å². The fourth-order valence-electron chi connectivity index (χ4n) is 4.94. The lowest BCUT2D eigenvalue weighted by Crippen LogP contribution is -2.39. The number of nitrogens with zero attached hydrogens (tertiary/aromatic N) is 1. The van der Waals surface area contributed by atoms with Crippen molar-refractivity contribution in [2.75, 3.05) is 11.4 Å². The smallest absolute Gasteiger partial charge is 0.0435 e. The van der Waals surface area contributed by atoms with Gasteiger partial charge in [-0.05, 0) is 61.6 Å². The van der Waals surface area contributed by atoms with Crippen molar-refractivity contribution in [1.29, 1.82) is 0 Å². The van der Waals surface area contributed by atoms with Crippen LogP contribution in [0.3, 0.4) is 0 Å². The molecule has 0 unspecified atom stereocenters. The first kappa shape index (κ1) is 18.0. The first-order valence-corrected chi connectivity index (χ1v) is 9.81. The van der Waals surface area contributed by atoms with Crippen molar-refractivity contribution in [3.05, 3.63) is 65.2 Å². The van der Waals surface area contributed by atoms with Crippen LogP contribution in [0.25, 0.3) is 0 Å². The summed E-state index contributed by atoms with van der Waals surface area (Å²) < 4.78 is 0. The Balaban J connectivity index is 1.96. The van der Waals surface area contributed by atoms with Gasteiger partial charge in [0, 0.05) is 17.8 Å². The maximum Gasteiger partial charge on any atom is 0.0435 e. The molecule has 0 radical (unpaired) electrons. The second-order valence-corrected chi connectivity index (χ2v) is 8.68. The molecule has 2 aromatic carbocycles. The molecule has 1 fully saturated rings. The molecular weight excluding hydrogens is 302 g/mol. The number of aryl methyl sites for hydroxylation is 2. The highest BCUT2D eigenvalue weighted by Gasteiger charge is 2.46. The molecule has 1 heteroatoms. The largest absolute Gasteiger partial charge is 0.365 e. The Hall–Kier alpha value is -1.76. The Labute approximate surface area is 154 Å². The average Bonchev–Trinajstić information content (AvgIpc) is 2.83. The van der Waals surface area contributed by atoms with Crippen LogP contribution < -0.4 is 4.90 Å². The Kier molecular flexibility index (Phi) is 4.95. The normalized spacial score (nSPS) is 22.4. The van der Waals surface area contributed by atoms with E-state index >= 15 is 0 Å². The van der Waals surface area contributed by atoms with E-state index in [1.165, 1.54) is 28.8 Å². The molecule has 25 heavy (non-hydrogen) atoms. The van der Waals surface area contributed by atoms with Crippen molar-refractivity contribution in [1.82, 2.24) is 0 Å². The van der Waals surface area contributed by atoms with Crippen molar-refractivity contribution in [2.45, 2.75) is 65.8 Å². The summed E-state index contributed by atoms with van der Waals surface area (Å²) in [5, 5.41) is 0. The van der Waals surface area contributed by atoms with E-state index in [-0.39, 0.29) is 5.54 Å². The zero-order valence-corrected chi connectivity index (χ0v) is 16.6. The van der Waals surface area contributed by atoms with E-state index in [2.05, 4.69) is 88.0 Å². The molecule has 2 aromatic rings. The summed E-state index contributed by atoms with van der Waals surface area (Å²) in [6, 6.07) is 17.9. The minimum atomic E-state index is 0.193. The Morgan fingerprint density at radius 1 is 0.840 bits per heavy atom. The molecular formula is C24H33N. The second kappa shape index (κ2) is 6.86. The second-order valence-electron chi connectivity index (χ2n) is 8.68. The quantitative estimate of drug-likeness (QED) is 0.643. The summed E-state index contributed by atoms with van der Waals surface area (Å²) in [6.07, 6.45) is 4.59. The average molecular weight is 336 g/mol. The molecule has 0 saturated carbocycles. The third-order valence-corrected chi connectivity index (χ3v) is 5.84. The molecule has 134 valence electrons. The fourth-order valence-corrected chi connectivity index (χ4v) is 4.94. The molecule has 0 aromatic heterocycles. The maximum absolute atomic E-state index is 2.72. The van der Waals surface area contributed by atoms with Crippen LogP contribution in [0.1, 0.15) is 57.7 Å². The van der Waals surface area contributed by atoms with E-state index in [4.69, 9.17) is 0 Å². The van der Waals surface area contributed by atoms with Gasteiger partial charge in [-0.2, -0.15) is 0 Å². The molecule has 1 aliphatic rings. The predicted octanol–water partition coefficient (Wildman–Crippen LogP) is 6.05. The van der Waals surface area contributed by atoms with Crippen LogP contribution in [0.2, 0.25) is 0 Å². The molecule has 3 rings (SSSR count). The molecule has 0 amide bonds. The summed E-state index contributed by atoms with van der Waals surface area (Å²) in [5.74, 6) is 0. The number of hydrogen-bond acceptors (Lipinski definition) is 1. The van der Waals surface area contributed by atoms with Gasteiger partial charge >= 0.3 is 0 Å². The van der Waals surface area contributed by atoms with Gasteiger partial charge in [0.15, 0.2) is 0 Å². The van der Waals surface area contributed by atoms with Gasteiger partial charge in [0.05, 0.1) is 0 Å². The monoisotopic (exact) mass is 335 g/mol. The van der Waals surface area contributed by atoms with E-state index in [1.807, 2.05) is 0 Å². The van der Waals surface area contributed by atoms with Crippen molar-refractivity contribution < 1.29 is 0 Å². The number of rotatable bonds is 5. The summed E-state index contributed by atoms with van der Waals surface area (Å²) in [6.45, 7) is 13.0. The van der Waals surface area contributed by atoms with Gasteiger partial charge in [0.25, 0.3) is 0 Å². The van der Waals surface area contributed by atoms with Crippen LogP contribution in [-0.4, -0.2) is 12.1 Å². The molecule has 1 aliphatic heterocycles. The first-order chi connectivity index (χ1) is 11.9. The lowest BCUT2D eigenvalue weighted by molar-refractivity contribution is 0.332. The van der Waals surface area contributed by atoms with Gasteiger partial charge in [0.2, 0.25) is 0 Å². The molecule has 1 heterocycles. The molecule has 0 spiro atoms. The third kappa shape index (κ3) is 3.61. The predicted molar refractivity (Wildman–Crippen MR) is 109 cm³/mol. The molecule has 1 nitrogen and oxygen atoms in total. The number of benzene rings is 2. The lowest BCUT2D eigenvalue weighted by atomic mass is 9.79. The van der Waals surface area contributed by atoms with E-state index in [0.29, 0.717) is 5.41 Å². The maximum atomic E-state index is 2.72. The number of para-hydroxylation sites is 1. The van der Waals surface area contributed by atoms with E-state index in [1.54, 1.807) is 0 Å². The Morgan fingerprint density at radius 2 is 1.44 bits per heavy atom. The van der Waals surface area contributed by atoms with Crippen molar-refractivity contribution >= 4 is 5.69 Å². The third-order valence-electron chi connectivity index (χ3n) is 5.84. The van der Waals surface area contributed by atoms with Crippen molar-refractivity contribution in [3.63, 3.8) is 0 Å². The van der Waals surface area contributed by atoms with Crippen LogP contribution in [0.15, 0.2) is 48.5 Å². The lowest BCUT2D eigenvalue weighted by Gasteiger charge is -2.36. The van der Waals surface area contributed by atoms with Gasteiger partial charge in [0.1, 0.15) is 0 Å². The number of hydrogen-bond donors (Lipinski definition) is 0. The fraction of sp³-hybridized carbons (Fsp3) is 0.500. The standard InChI is InChI=1S/C24H33N/c1-6-20-14-11-15-21(7-2)22(20)25-18-24(5,17-23(25,3)4)16-19-12-9-8-10-13-19/h8-15H,6-7,16-18H2,1-5H3/t24-/m1/s1. The zero-order chi connectivity index (χ0) is 18.1. The highest BCUT2D eigenvalue weighted by Crippen LogP contribution is 2.47. The van der Waals surface area contributed by atoms with Crippen LogP contribution in [0.4, 0.5) is 5.69 Å². The van der Waals surface area contributed by atoms with E-state index in [9.17, 15) is 0 Å². The highest BCUT2D eigenvalue weighted by atomic mass is 15.2. The topological polar surface area (TPSA) is 3.24 Å².